The van der Waals surface area contributed by atoms with Gasteiger partial charge in [0.25, 0.3) is 0 Å². The van der Waals surface area contributed by atoms with Crippen LogP contribution in [0, 0.1) is 0 Å². The summed E-state index contributed by atoms with van der Waals surface area (Å²) >= 11 is 0. The Kier molecular flexibility index (Phi) is 5.42. The molecule has 10 atom stereocenters. The molecule has 0 aromatic rings. The van der Waals surface area contributed by atoms with Crippen LogP contribution in [-0.2, 0) is 9.47 Å². The van der Waals surface area contributed by atoms with Crippen molar-refractivity contribution in [3.05, 3.63) is 0 Å². The maximum Gasteiger partial charge on any atom is 0.187 e. The van der Waals surface area contributed by atoms with Gasteiger partial charge in [0.1, 0.15) is 42.7 Å². The van der Waals surface area contributed by atoms with Crippen LogP contribution in [0.5, 0.6) is 0 Å². The van der Waals surface area contributed by atoms with E-state index in [1.54, 1.807) is 4.90 Å². The Labute approximate surface area is 138 Å². The van der Waals surface area contributed by atoms with Crippen LogP contribution >= 0.6 is 0 Å². The Bertz CT molecular complexity index is 438. The summed E-state index contributed by atoms with van der Waals surface area (Å²) in [4.78, 5) is 1.79. The number of piperidine rings is 1. The number of aliphatic hydroxyl groups is 7. The van der Waals surface area contributed by atoms with Crippen LogP contribution in [0.3, 0.4) is 0 Å². The van der Waals surface area contributed by atoms with Gasteiger partial charge < -0.3 is 45.2 Å². The molecule has 0 radical (unpaired) electrons. The molecule has 0 amide bonds. The van der Waals surface area contributed by atoms with E-state index in [2.05, 4.69) is 0 Å². The molecule has 3 saturated heterocycles. The van der Waals surface area contributed by atoms with Crippen molar-refractivity contribution in [3.8, 4) is 0 Å². The van der Waals surface area contributed by atoms with Crippen LogP contribution in [-0.4, -0.2) is 122 Å². The summed E-state index contributed by atoms with van der Waals surface area (Å²) in [5, 5.41) is 69.0. The number of hydrogen-bond donors (Lipinski definition) is 7. The van der Waals surface area contributed by atoms with Crippen molar-refractivity contribution >= 4 is 0 Å². The number of fused-ring (bicyclic) bond motifs is 1. The lowest BCUT2D eigenvalue weighted by Crippen LogP contribution is -2.65. The first-order valence-electron chi connectivity index (χ1n) is 8.09. The van der Waals surface area contributed by atoms with E-state index in [1.807, 2.05) is 0 Å². The van der Waals surface area contributed by atoms with E-state index in [0.29, 0.717) is 13.0 Å². The van der Waals surface area contributed by atoms with E-state index in [1.165, 1.54) is 0 Å². The summed E-state index contributed by atoms with van der Waals surface area (Å²) in [5.74, 6) is 0. The number of hydrogen-bond acceptors (Lipinski definition) is 10. The van der Waals surface area contributed by atoms with Gasteiger partial charge in [-0.1, -0.05) is 0 Å². The van der Waals surface area contributed by atoms with Gasteiger partial charge in [0.05, 0.1) is 18.8 Å². The Morgan fingerprint density at radius 2 is 1.62 bits per heavy atom. The van der Waals surface area contributed by atoms with Crippen LogP contribution in [0.2, 0.25) is 0 Å². The smallest absolute Gasteiger partial charge is 0.187 e. The van der Waals surface area contributed by atoms with Gasteiger partial charge in [-0.15, -0.1) is 0 Å². The maximum absolute atomic E-state index is 10.2. The Balaban J connectivity index is 1.69. The van der Waals surface area contributed by atoms with Gasteiger partial charge in [-0.2, -0.15) is 0 Å². The van der Waals surface area contributed by atoms with Crippen LogP contribution in [0.15, 0.2) is 0 Å². The molecule has 3 heterocycles. The SMILES string of the molecule is OC[C@H]1O[C@H](O[C@H]2CN3CC[C@H](O)[C@@H]3[C@@H](O)[C@@H]2O)[C@H](O)[C@@H](O)[C@@H]1O. The highest BCUT2D eigenvalue weighted by Crippen LogP contribution is 2.31. The molecule has 3 aliphatic rings. The fourth-order valence-electron chi connectivity index (χ4n) is 3.75. The molecular weight excluding hydrogens is 326 g/mol. The van der Waals surface area contributed by atoms with Gasteiger partial charge in [-0.05, 0) is 6.42 Å². The predicted molar refractivity (Wildman–Crippen MR) is 76.6 cm³/mol. The second kappa shape index (κ2) is 7.08. The Morgan fingerprint density at radius 1 is 0.917 bits per heavy atom. The van der Waals surface area contributed by atoms with Gasteiger partial charge in [0, 0.05) is 13.1 Å². The molecule has 7 N–H and O–H groups in total. The lowest BCUT2D eigenvalue weighted by Gasteiger charge is -2.46. The summed E-state index contributed by atoms with van der Waals surface area (Å²) < 4.78 is 10.8. The highest BCUT2D eigenvalue weighted by atomic mass is 16.7. The zero-order chi connectivity index (χ0) is 17.6. The highest BCUT2D eigenvalue weighted by molar-refractivity contribution is 5.02. The molecule has 10 heteroatoms. The number of rotatable bonds is 3. The normalized spacial score (nSPS) is 53.1. The van der Waals surface area contributed by atoms with Crippen molar-refractivity contribution in [1.82, 2.24) is 4.90 Å². The fraction of sp³-hybridized carbons (Fsp3) is 1.00. The zero-order valence-electron chi connectivity index (χ0n) is 13.0. The first-order chi connectivity index (χ1) is 11.3. The third-order valence-electron chi connectivity index (χ3n) is 5.18. The van der Waals surface area contributed by atoms with Gasteiger partial charge in [-0.3, -0.25) is 4.90 Å². The Hall–Kier alpha value is -0.400. The van der Waals surface area contributed by atoms with Crippen molar-refractivity contribution < 1.29 is 45.2 Å². The minimum atomic E-state index is -1.58. The number of aliphatic hydroxyl groups excluding tert-OH is 7. The van der Waals surface area contributed by atoms with E-state index in [0.717, 1.165) is 0 Å². The minimum absolute atomic E-state index is 0.203. The summed E-state index contributed by atoms with van der Waals surface area (Å²) in [7, 11) is 0. The zero-order valence-corrected chi connectivity index (χ0v) is 13.0. The molecule has 0 aromatic heterocycles. The third kappa shape index (κ3) is 3.07. The van der Waals surface area contributed by atoms with Crippen LogP contribution in [0.4, 0.5) is 0 Å². The molecule has 0 saturated carbocycles. The lowest BCUT2D eigenvalue weighted by molar-refractivity contribution is -0.324. The summed E-state index contributed by atoms with van der Waals surface area (Å²) in [6.45, 7) is 0.153. The maximum atomic E-state index is 10.2. The first kappa shape index (κ1) is 18.4. The molecule has 3 rings (SSSR count). The second-order valence-corrected chi connectivity index (χ2v) is 6.69. The lowest BCUT2D eigenvalue weighted by atomic mass is 9.92. The summed E-state index contributed by atoms with van der Waals surface area (Å²) in [6, 6.07) is -0.574. The van der Waals surface area contributed by atoms with Crippen LogP contribution in [0.1, 0.15) is 6.42 Å². The second-order valence-electron chi connectivity index (χ2n) is 6.69. The number of nitrogens with zero attached hydrogens (tertiary/aromatic N) is 1. The molecule has 24 heavy (non-hydrogen) atoms. The molecule has 10 nitrogen and oxygen atoms in total. The predicted octanol–water partition coefficient (Wildman–Crippen LogP) is -4.66. The van der Waals surface area contributed by atoms with Gasteiger partial charge in [0.15, 0.2) is 6.29 Å². The van der Waals surface area contributed by atoms with E-state index >= 15 is 0 Å². The first-order valence-corrected chi connectivity index (χ1v) is 8.09. The number of ether oxygens (including phenoxy) is 2. The molecule has 0 bridgehead atoms. The third-order valence-corrected chi connectivity index (χ3v) is 5.18. The van der Waals surface area contributed by atoms with E-state index < -0.39 is 67.8 Å². The van der Waals surface area contributed by atoms with Crippen molar-refractivity contribution in [2.24, 2.45) is 0 Å². The van der Waals surface area contributed by atoms with Gasteiger partial charge in [0.2, 0.25) is 0 Å². The quantitative estimate of drug-likeness (QED) is 0.263. The molecule has 140 valence electrons. The van der Waals surface area contributed by atoms with E-state index in [-0.39, 0.29) is 6.54 Å². The van der Waals surface area contributed by atoms with Gasteiger partial charge in [-0.25, -0.2) is 0 Å². The van der Waals surface area contributed by atoms with Crippen molar-refractivity contribution in [1.29, 1.82) is 0 Å². The fourth-order valence-corrected chi connectivity index (χ4v) is 3.75. The molecular formula is C14H25NO9. The minimum Gasteiger partial charge on any atom is -0.394 e. The average molecular weight is 351 g/mol. The molecule has 0 aromatic carbocycles. The van der Waals surface area contributed by atoms with Crippen molar-refractivity contribution in [2.75, 3.05) is 19.7 Å². The molecule has 3 fully saturated rings. The van der Waals surface area contributed by atoms with Crippen LogP contribution in [0.25, 0.3) is 0 Å². The summed E-state index contributed by atoms with van der Waals surface area (Å²) in [6.07, 6.45) is -10.9. The standard InChI is InChI=1S/C14H25NO9/c16-4-7-10(19)12(21)13(22)14(24-7)23-6-3-15-2-1-5(17)8(15)11(20)9(6)18/h5-14,16-22H,1-4H2/t5-,6-,7+,8+,9+,10+,11+,12-,13+,14-/m0/s1. The van der Waals surface area contributed by atoms with E-state index in [9.17, 15) is 35.7 Å². The monoisotopic (exact) mass is 351 g/mol. The molecule has 0 unspecified atom stereocenters. The summed E-state index contributed by atoms with van der Waals surface area (Å²) in [5.41, 5.74) is 0. The average Bonchev–Trinajstić information content (AvgIpc) is 2.93. The topological polar surface area (TPSA) is 163 Å². The van der Waals surface area contributed by atoms with Crippen LogP contribution < -0.4 is 0 Å². The Morgan fingerprint density at radius 3 is 2.29 bits per heavy atom. The van der Waals surface area contributed by atoms with Gasteiger partial charge >= 0.3 is 0 Å². The molecule has 0 aliphatic carbocycles. The van der Waals surface area contributed by atoms with Crippen molar-refractivity contribution in [3.63, 3.8) is 0 Å². The molecule has 3 aliphatic heterocycles. The highest BCUT2D eigenvalue weighted by Gasteiger charge is 2.51. The van der Waals surface area contributed by atoms with Crippen molar-refractivity contribution in [2.45, 2.75) is 67.6 Å². The largest absolute Gasteiger partial charge is 0.394 e. The van der Waals surface area contributed by atoms with E-state index in [4.69, 9.17) is 9.47 Å². The molecule has 0 spiro atoms.